The Hall–Kier alpha value is -2.07. The van der Waals surface area contributed by atoms with Crippen molar-refractivity contribution in [3.8, 4) is 22.4 Å². The summed E-state index contributed by atoms with van der Waals surface area (Å²) in [5, 5.41) is 4.18. The minimum absolute atomic E-state index is 0.331. The van der Waals surface area contributed by atoms with Gasteiger partial charge in [-0.05, 0) is 31.5 Å². The molecule has 0 bridgehead atoms. The van der Waals surface area contributed by atoms with E-state index in [1.807, 2.05) is 24.3 Å². The van der Waals surface area contributed by atoms with Gasteiger partial charge >= 0.3 is 0 Å². The highest BCUT2D eigenvalue weighted by atomic mass is 79.9. The smallest absolute Gasteiger partial charge is 0.230 e. The Kier molecular flexibility index (Phi) is 3.55. The van der Waals surface area contributed by atoms with Gasteiger partial charge in [0.15, 0.2) is 0 Å². The molecular weight excluding hydrogens is 328 g/mol. The number of nitrogens with zero attached hydrogens (tertiary/aromatic N) is 1. The minimum atomic E-state index is 0.331. The molecule has 2 N–H and O–H groups in total. The van der Waals surface area contributed by atoms with Crippen molar-refractivity contribution in [2.24, 2.45) is 0 Å². The second kappa shape index (κ2) is 5.37. The van der Waals surface area contributed by atoms with Gasteiger partial charge in [0.05, 0.1) is 5.56 Å². The molecule has 0 aliphatic carbocycles. The van der Waals surface area contributed by atoms with Gasteiger partial charge in [0.1, 0.15) is 5.69 Å². The minimum Gasteiger partial charge on any atom is -0.367 e. The Labute approximate surface area is 131 Å². The van der Waals surface area contributed by atoms with Crippen molar-refractivity contribution in [2.45, 2.75) is 13.8 Å². The summed E-state index contributed by atoms with van der Waals surface area (Å²) in [4.78, 5) is 0. The molecule has 4 heteroatoms. The summed E-state index contributed by atoms with van der Waals surface area (Å²) in [5.74, 6) is 0.331. The largest absolute Gasteiger partial charge is 0.367 e. The van der Waals surface area contributed by atoms with Crippen LogP contribution < -0.4 is 5.73 Å². The molecule has 0 spiro atoms. The lowest BCUT2D eigenvalue weighted by atomic mass is 9.97. The van der Waals surface area contributed by atoms with Gasteiger partial charge in [-0.25, -0.2) is 0 Å². The van der Waals surface area contributed by atoms with Crippen LogP contribution in [-0.2, 0) is 0 Å². The van der Waals surface area contributed by atoms with Crippen LogP contribution in [0, 0.1) is 13.8 Å². The molecule has 0 fully saturated rings. The highest BCUT2D eigenvalue weighted by Crippen LogP contribution is 2.40. The molecule has 0 aliphatic heterocycles. The van der Waals surface area contributed by atoms with E-state index in [1.165, 1.54) is 5.56 Å². The molecule has 0 unspecified atom stereocenters. The van der Waals surface area contributed by atoms with Gasteiger partial charge < -0.3 is 10.3 Å². The third-order valence-corrected chi connectivity index (χ3v) is 4.20. The number of rotatable bonds is 2. The standard InChI is InChI=1S/C17H15BrN2O/c1-10-7-8-11(2)13(9-10)16-15(17(19)21-20-16)12-5-3-4-6-14(12)18/h3-9H,19H2,1-2H3. The quantitative estimate of drug-likeness (QED) is 0.715. The molecule has 1 aromatic heterocycles. The zero-order valence-corrected chi connectivity index (χ0v) is 13.4. The average molecular weight is 343 g/mol. The number of anilines is 1. The van der Waals surface area contributed by atoms with Gasteiger partial charge in [-0.2, -0.15) is 0 Å². The van der Waals surface area contributed by atoms with E-state index in [-0.39, 0.29) is 0 Å². The Bertz CT molecular complexity index is 808. The number of halogens is 1. The fourth-order valence-corrected chi connectivity index (χ4v) is 2.88. The summed E-state index contributed by atoms with van der Waals surface area (Å²) in [6.45, 7) is 4.12. The van der Waals surface area contributed by atoms with Crippen molar-refractivity contribution in [3.63, 3.8) is 0 Å². The second-order valence-corrected chi connectivity index (χ2v) is 5.92. The van der Waals surface area contributed by atoms with Crippen molar-refractivity contribution in [3.05, 3.63) is 58.1 Å². The maximum absolute atomic E-state index is 6.02. The number of aromatic nitrogens is 1. The SMILES string of the molecule is Cc1ccc(C)c(-c2noc(N)c2-c2ccccc2Br)c1. The lowest BCUT2D eigenvalue weighted by molar-refractivity contribution is 0.439. The predicted octanol–water partition coefficient (Wildman–Crippen LogP) is 4.97. The highest BCUT2D eigenvalue weighted by molar-refractivity contribution is 9.10. The first-order chi connectivity index (χ1) is 10.1. The van der Waals surface area contributed by atoms with E-state index in [9.17, 15) is 0 Å². The van der Waals surface area contributed by atoms with Crippen molar-refractivity contribution in [2.75, 3.05) is 5.73 Å². The van der Waals surface area contributed by atoms with Crippen molar-refractivity contribution < 1.29 is 4.52 Å². The number of nitrogens with two attached hydrogens (primary N) is 1. The third-order valence-electron chi connectivity index (χ3n) is 3.51. The molecule has 3 rings (SSSR count). The molecule has 0 saturated heterocycles. The molecule has 106 valence electrons. The Morgan fingerprint density at radius 1 is 1.05 bits per heavy atom. The average Bonchev–Trinajstić information content (AvgIpc) is 2.84. The van der Waals surface area contributed by atoms with Crippen LogP contribution in [0.15, 0.2) is 51.5 Å². The fraction of sp³-hybridized carbons (Fsp3) is 0.118. The van der Waals surface area contributed by atoms with E-state index < -0.39 is 0 Å². The van der Waals surface area contributed by atoms with Crippen molar-refractivity contribution in [1.82, 2.24) is 5.16 Å². The van der Waals surface area contributed by atoms with Crippen LogP contribution >= 0.6 is 15.9 Å². The molecule has 0 saturated carbocycles. The molecule has 0 atom stereocenters. The normalized spacial score (nSPS) is 10.8. The summed E-state index contributed by atoms with van der Waals surface area (Å²) in [6.07, 6.45) is 0. The molecule has 0 aliphatic rings. The van der Waals surface area contributed by atoms with Crippen LogP contribution in [0.5, 0.6) is 0 Å². The van der Waals surface area contributed by atoms with Crippen LogP contribution in [0.25, 0.3) is 22.4 Å². The first-order valence-corrected chi connectivity index (χ1v) is 7.45. The fourth-order valence-electron chi connectivity index (χ4n) is 2.40. The first kappa shape index (κ1) is 13.9. The zero-order valence-electron chi connectivity index (χ0n) is 11.9. The Balaban J connectivity index is 2.27. The van der Waals surface area contributed by atoms with Crippen molar-refractivity contribution in [1.29, 1.82) is 0 Å². The topological polar surface area (TPSA) is 52.0 Å². The Morgan fingerprint density at radius 2 is 1.81 bits per heavy atom. The number of benzene rings is 2. The van der Waals surface area contributed by atoms with E-state index in [2.05, 4.69) is 53.1 Å². The van der Waals surface area contributed by atoms with Crippen LogP contribution in [0.2, 0.25) is 0 Å². The molecule has 3 nitrogen and oxygen atoms in total. The van der Waals surface area contributed by atoms with Gasteiger partial charge in [0.25, 0.3) is 0 Å². The molecular formula is C17H15BrN2O. The van der Waals surface area contributed by atoms with Gasteiger partial charge in [-0.1, -0.05) is 57.0 Å². The molecule has 0 radical (unpaired) electrons. The molecule has 0 amide bonds. The van der Waals surface area contributed by atoms with E-state index >= 15 is 0 Å². The third kappa shape index (κ3) is 2.47. The summed E-state index contributed by atoms with van der Waals surface area (Å²) in [5.41, 5.74) is 12.0. The van der Waals surface area contributed by atoms with E-state index in [1.54, 1.807) is 0 Å². The molecule has 2 aromatic carbocycles. The van der Waals surface area contributed by atoms with Crippen molar-refractivity contribution >= 4 is 21.8 Å². The maximum Gasteiger partial charge on any atom is 0.230 e. The van der Waals surface area contributed by atoms with Crippen LogP contribution in [0.4, 0.5) is 5.88 Å². The zero-order chi connectivity index (χ0) is 15.0. The number of hydrogen-bond acceptors (Lipinski definition) is 3. The van der Waals surface area contributed by atoms with Crippen LogP contribution in [0.1, 0.15) is 11.1 Å². The Morgan fingerprint density at radius 3 is 2.57 bits per heavy atom. The van der Waals surface area contributed by atoms with Gasteiger partial charge in [0, 0.05) is 15.6 Å². The molecule has 3 aromatic rings. The van der Waals surface area contributed by atoms with Gasteiger partial charge in [-0.15, -0.1) is 0 Å². The molecule has 21 heavy (non-hydrogen) atoms. The number of aryl methyl sites for hydroxylation is 2. The van der Waals surface area contributed by atoms with E-state index in [0.717, 1.165) is 32.4 Å². The summed E-state index contributed by atoms with van der Waals surface area (Å²) in [6, 6.07) is 14.2. The second-order valence-electron chi connectivity index (χ2n) is 5.07. The number of nitrogen functional groups attached to an aromatic ring is 1. The summed E-state index contributed by atoms with van der Waals surface area (Å²) in [7, 11) is 0. The van der Waals surface area contributed by atoms with Crippen LogP contribution in [-0.4, -0.2) is 5.16 Å². The first-order valence-electron chi connectivity index (χ1n) is 6.65. The summed E-state index contributed by atoms with van der Waals surface area (Å²) >= 11 is 3.57. The monoisotopic (exact) mass is 342 g/mol. The lowest BCUT2D eigenvalue weighted by Gasteiger charge is -2.08. The lowest BCUT2D eigenvalue weighted by Crippen LogP contribution is -1.91. The van der Waals surface area contributed by atoms with Gasteiger partial charge in [-0.3, -0.25) is 0 Å². The summed E-state index contributed by atoms with van der Waals surface area (Å²) < 4.78 is 6.23. The van der Waals surface area contributed by atoms with Gasteiger partial charge in [0.2, 0.25) is 5.88 Å². The highest BCUT2D eigenvalue weighted by Gasteiger charge is 2.20. The van der Waals surface area contributed by atoms with E-state index in [0.29, 0.717) is 5.88 Å². The molecule has 1 heterocycles. The van der Waals surface area contributed by atoms with Crippen LogP contribution in [0.3, 0.4) is 0 Å². The predicted molar refractivity (Wildman–Crippen MR) is 89.0 cm³/mol. The maximum atomic E-state index is 6.02. The number of hydrogen-bond donors (Lipinski definition) is 1. The van der Waals surface area contributed by atoms with E-state index in [4.69, 9.17) is 10.3 Å².